The van der Waals surface area contributed by atoms with E-state index in [9.17, 15) is 13.2 Å². The van der Waals surface area contributed by atoms with Crippen LogP contribution < -0.4 is 10.1 Å². The number of hydrogen-bond acceptors (Lipinski definition) is 4. The van der Waals surface area contributed by atoms with E-state index in [-0.39, 0.29) is 23.8 Å². The third-order valence-electron chi connectivity index (χ3n) is 2.12. The molecule has 0 atom stereocenters. The zero-order valence-electron chi connectivity index (χ0n) is 10.7. The van der Waals surface area contributed by atoms with Crippen LogP contribution in [0.4, 0.5) is 0 Å². The van der Waals surface area contributed by atoms with Crippen molar-refractivity contribution in [2.75, 3.05) is 20.6 Å². The van der Waals surface area contributed by atoms with Crippen LogP contribution in [0.15, 0.2) is 29.2 Å². The standard InChI is InChI=1S/C11H16ClN3O3S/c1-15(2)14-11(16)7-8-13-19(17,18)10-5-3-9(12)4-6-10/h3-6,13H,7-8H2,1-2H3,(H,14,16). The van der Waals surface area contributed by atoms with Crippen LogP contribution >= 0.6 is 11.6 Å². The normalized spacial score (nSPS) is 11.6. The molecule has 19 heavy (non-hydrogen) atoms. The van der Waals surface area contributed by atoms with E-state index in [1.54, 1.807) is 14.1 Å². The van der Waals surface area contributed by atoms with Crippen LogP contribution in [0.2, 0.25) is 5.02 Å². The molecule has 0 unspecified atom stereocenters. The first-order chi connectivity index (χ1) is 8.81. The van der Waals surface area contributed by atoms with Gasteiger partial charge in [-0.15, -0.1) is 0 Å². The highest BCUT2D eigenvalue weighted by Crippen LogP contribution is 2.13. The second-order valence-electron chi connectivity index (χ2n) is 4.03. The Morgan fingerprint density at radius 3 is 2.37 bits per heavy atom. The third kappa shape index (κ3) is 5.56. The van der Waals surface area contributed by atoms with Crippen molar-refractivity contribution in [1.29, 1.82) is 0 Å². The van der Waals surface area contributed by atoms with Crippen molar-refractivity contribution >= 4 is 27.5 Å². The van der Waals surface area contributed by atoms with Gasteiger partial charge in [-0.2, -0.15) is 0 Å². The molecule has 2 N–H and O–H groups in total. The van der Waals surface area contributed by atoms with Crippen LogP contribution in [0.25, 0.3) is 0 Å². The van der Waals surface area contributed by atoms with Crippen molar-refractivity contribution in [1.82, 2.24) is 15.2 Å². The molecule has 1 aromatic rings. The Bertz CT molecular complexity index is 529. The molecule has 0 heterocycles. The highest BCUT2D eigenvalue weighted by atomic mass is 35.5. The van der Waals surface area contributed by atoms with Crippen LogP contribution in [0.3, 0.4) is 0 Å². The van der Waals surface area contributed by atoms with Gasteiger partial charge in [-0.05, 0) is 24.3 Å². The zero-order valence-corrected chi connectivity index (χ0v) is 12.3. The molecule has 106 valence electrons. The maximum Gasteiger partial charge on any atom is 0.240 e. The van der Waals surface area contributed by atoms with E-state index in [1.165, 1.54) is 29.3 Å². The summed E-state index contributed by atoms with van der Waals surface area (Å²) < 4.78 is 26.1. The number of hydrogen-bond donors (Lipinski definition) is 2. The molecule has 0 saturated heterocycles. The lowest BCUT2D eigenvalue weighted by Gasteiger charge is -2.12. The number of sulfonamides is 1. The second kappa shape index (κ2) is 6.85. The number of halogens is 1. The monoisotopic (exact) mass is 305 g/mol. The minimum absolute atomic E-state index is 0.0324. The van der Waals surface area contributed by atoms with Gasteiger partial charge >= 0.3 is 0 Å². The molecule has 8 heteroatoms. The summed E-state index contributed by atoms with van der Waals surface area (Å²) in [6, 6.07) is 5.80. The summed E-state index contributed by atoms with van der Waals surface area (Å²) in [5.41, 5.74) is 2.52. The molecule has 0 aliphatic heterocycles. The van der Waals surface area contributed by atoms with Gasteiger partial charge in [0.25, 0.3) is 0 Å². The van der Waals surface area contributed by atoms with Gasteiger partial charge in [-0.25, -0.2) is 18.1 Å². The maximum atomic E-state index is 11.9. The van der Waals surface area contributed by atoms with E-state index in [0.717, 1.165) is 0 Å². The number of carbonyl (C=O) groups is 1. The van der Waals surface area contributed by atoms with E-state index >= 15 is 0 Å². The molecule has 0 spiro atoms. The van der Waals surface area contributed by atoms with Gasteiger partial charge < -0.3 is 0 Å². The van der Waals surface area contributed by atoms with Gasteiger partial charge in [-0.1, -0.05) is 11.6 Å². The third-order valence-corrected chi connectivity index (χ3v) is 3.85. The topological polar surface area (TPSA) is 78.5 Å². The van der Waals surface area contributed by atoms with Crippen molar-refractivity contribution < 1.29 is 13.2 Å². The van der Waals surface area contributed by atoms with Gasteiger partial charge in [0, 0.05) is 32.1 Å². The fraction of sp³-hybridized carbons (Fsp3) is 0.364. The molecule has 1 rings (SSSR count). The summed E-state index contributed by atoms with van der Waals surface area (Å²) in [6.07, 6.45) is 0.0605. The number of nitrogens with one attached hydrogen (secondary N) is 2. The SMILES string of the molecule is CN(C)NC(=O)CCNS(=O)(=O)c1ccc(Cl)cc1. The summed E-state index contributed by atoms with van der Waals surface area (Å²) in [5.74, 6) is -0.260. The fourth-order valence-electron chi connectivity index (χ4n) is 1.30. The summed E-state index contributed by atoms with van der Waals surface area (Å²) in [6.45, 7) is 0.0324. The minimum atomic E-state index is -3.60. The number of nitrogens with zero attached hydrogens (tertiary/aromatic N) is 1. The van der Waals surface area contributed by atoms with Crippen LogP contribution in [0, 0.1) is 0 Å². The zero-order chi connectivity index (χ0) is 14.5. The van der Waals surface area contributed by atoms with E-state index in [1.807, 2.05) is 0 Å². The molecular weight excluding hydrogens is 290 g/mol. The van der Waals surface area contributed by atoms with Crippen molar-refractivity contribution in [2.45, 2.75) is 11.3 Å². The lowest BCUT2D eigenvalue weighted by molar-refractivity contribution is -0.124. The van der Waals surface area contributed by atoms with Gasteiger partial charge in [0.15, 0.2) is 0 Å². The van der Waals surface area contributed by atoms with Crippen molar-refractivity contribution in [3.8, 4) is 0 Å². The summed E-state index contributed by atoms with van der Waals surface area (Å²) >= 11 is 5.68. The Hall–Kier alpha value is -1.15. The quantitative estimate of drug-likeness (QED) is 0.755. The maximum absolute atomic E-state index is 11.9. The van der Waals surface area contributed by atoms with E-state index < -0.39 is 10.0 Å². The van der Waals surface area contributed by atoms with Crippen LogP contribution in [-0.4, -0.2) is 40.0 Å². The van der Waals surface area contributed by atoms with E-state index in [0.29, 0.717) is 5.02 Å². The highest BCUT2D eigenvalue weighted by molar-refractivity contribution is 7.89. The highest BCUT2D eigenvalue weighted by Gasteiger charge is 2.13. The lowest BCUT2D eigenvalue weighted by atomic mass is 10.4. The number of rotatable bonds is 6. The van der Waals surface area contributed by atoms with E-state index in [4.69, 9.17) is 11.6 Å². The molecule has 0 fully saturated rings. The fourth-order valence-corrected chi connectivity index (χ4v) is 2.46. The molecule has 0 radical (unpaired) electrons. The van der Waals surface area contributed by atoms with Crippen molar-refractivity contribution in [3.05, 3.63) is 29.3 Å². The van der Waals surface area contributed by atoms with Gasteiger partial charge in [0.1, 0.15) is 0 Å². The predicted octanol–water partition coefficient (Wildman–Crippen LogP) is 0.601. The Kier molecular flexibility index (Phi) is 5.74. The Morgan fingerprint density at radius 2 is 1.84 bits per heavy atom. The lowest BCUT2D eigenvalue weighted by Crippen LogP contribution is -2.38. The number of amides is 1. The van der Waals surface area contributed by atoms with Crippen molar-refractivity contribution in [3.63, 3.8) is 0 Å². The molecule has 0 aromatic heterocycles. The number of hydrazine groups is 1. The molecular formula is C11H16ClN3O3S. The largest absolute Gasteiger partial charge is 0.289 e. The van der Waals surface area contributed by atoms with Crippen LogP contribution in [0.5, 0.6) is 0 Å². The summed E-state index contributed by atoms with van der Waals surface area (Å²) in [5, 5.41) is 1.96. The van der Waals surface area contributed by atoms with Gasteiger partial charge in [0.05, 0.1) is 4.90 Å². The molecule has 1 amide bonds. The van der Waals surface area contributed by atoms with Crippen LogP contribution in [-0.2, 0) is 14.8 Å². The molecule has 6 nitrogen and oxygen atoms in total. The Labute approximate surface area is 117 Å². The average Bonchev–Trinajstić information content (AvgIpc) is 2.28. The van der Waals surface area contributed by atoms with Gasteiger partial charge in [0.2, 0.25) is 15.9 Å². The predicted molar refractivity (Wildman–Crippen MR) is 73.1 cm³/mol. The first-order valence-corrected chi connectivity index (χ1v) is 7.39. The molecule has 0 bridgehead atoms. The second-order valence-corrected chi connectivity index (χ2v) is 6.23. The molecule has 0 aliphatic rings. The number of carbonyl (C=O) groups excluding carboxylic acids is 1. The van der Waals surface area contributed by atoms with Crippen LogP contribution in [0.1, 0.15) is 6.42 Å². The summed E-state index contributed by atoms with van der Waals surface area (Å²) in [7, 11) is -0.251. The smallest absolute Gasteiger partial charge is 0.240 e. The Balaban J connectivity index is 2.52. The summed E-state index contributed by atoms with van der Waals surface area (Å²) in [4.78, 5) is 11.4. The first-order valence-electron chi connectivity index (χ1n) is 5.53. The average molecular weight is 306 g/mol. The first kappa shape index (κ1) is 15.9. The molecule has 0 saturated carbocycles. The molecule has 0 aliphatic carbocycles. The Morgan fingerprint density at radius 1 is 1.26 bits per heavy atom. The van der Waals surface area contributed by atoms with E-state index in [2.05, 4.69) is 10.1 Å². The number of benzene rings is 1. The van der Waals surface area contributed by atoms with Gasteiger partial charge in [-0.3, -0.25) is 10.2 Å². The van der Waals surface area contributed by atoms with Crippen molar-refractivity contribution in [2.24, 2.45) is 0 Å². The minimum Gasteiger partial charge on any atom is -0.289 e. The molecule has 1 aromatic carbocycles.